The molecule has 5 nitrogen and oxygen atoms in total. The van der Waals surface area contributed by atoms with Gasteiger partial charge in [-0.3, -0.25) is 14.7 Å². The maximum absolute atomic E-state index is 12.0. The highest BCUT2D eigenvalue weighted by molar-refractivity contribution is 5.73. The fourth-order valence-corrected chi connectivity index (χ4v) is 4.15. The zero-order valence-electron chi connectivity index (χ0n) is 16.9. The number of carboxylic acids is 1. The molecule has 2 unspecified atom stereocenters. The van der Waals surface area contributed by atoms with E-state index in [1.165, 1.54) is 0 Å². The van der Waals surface area contributed by atoms with Gasteiger partial charge in [-0.15, -0.1) is 0 Å². The summed E-state index contributed by atoms with van der Waals surface area (Å²) in [4.78, 5) is 18.6. The summed E-state index contributed by atoms with van der Waals surface area (Å²) in [5.41, 5.74) is 1.99. The minimum Gasteiger partial charge on any atom is -0.480 e. The Morgan fingerprint density at radius 1 is 1.03 bits per heavy atom. The van der Waals surface area contributed by atoms with Crippen molar-refractivity contribution in [1.82, 2.24) is 9.88 Å². The molecule has 0 saturated carbocycles. The SMILES string of the molecule is O=C(O)C1CCCCN1C(Cc1ccccn1)c1cccc(Oc2ccccc2)c1. The zero-order chi connectivity index (χ0) is 20.8. The third kappa shape index (κ3) is 4.86. The lowest BCUT2D eigenvalue weighted by Crippen LogP contribution is -2.47. The highest BCUT2D eigenvalue weighted by atomic mass is 16.5. The average molecular weight is 402 g/mol. The molecule has 1 N–H and O–H groups in total. The molecule has 3 aromatic rings. The molecule has 1 fully saturated rings. The largest absolute Gasteiger partial charge is 0.480 e. The first kappa shape index (κ1) is 20.1. The van der Waals surface area contributed by atoms with Crippen LogP contribution in [0.15, 0.2) is 79.0 Å². The molecule has 2 aromatic carbocycles. The first-order valence-corrected chi connectivity index (χ1v) is 10.4. The second-order valence-corrected chi connectivity index (χ2v) is 7.62. The van der Waals surface area contributed by atoms with E-state index >= 15 is 0 Å². The Balaban J connectivity index is 1.66. The summed E-state index contributed by atoms with van der Waals surface area (Å²) in [5, 5.41) is 9.84. The van der Waals surface area contributed by atoms with E-state index in [0.717, 1.165) is 42.1 Å². The van der Waals surface area contributed by atoms with Crippen molar-refractivity contribution in [2.75, 3.05) is 6.54 Å². The molecule has 154 valence electrons. The van der Waals surface area contributed by atoms with Crippen LogP contribution >= 0.6 is 0 Å². The van der Waals surface area contributed by atoms with Crippen molar-refractivity contribution in [2.24, 2.45) is 0 Å². The van der Waals surface area contributed by atoms with E-state index in [9.17, 15) is 9.90 Å². The molecule has 0 spiro atoms. The molecule has 4 rings (SSSR count). The van der Waals surface area contributed by atoms with Gasteiger partial charge in [0.05, 0.1) is 0 Å². The van der Waals surface area contributed by atoms with E-state index in [1.54, 1.807) is 6.20 Å². The minimum absolute atomic E-state index is 0.0828. The summed E-state index contributed by atoms with van der Waals surface area (Å²) in [6, 6.07) is 22.9. The predicted octanol–water partition coefficient (Wildman–Crippen LogP) is 5.10. The van der Waals surface area contributed by atoms with Crippen molar-refractivity contribution in [3.8, 4) is 11.5 Å². The second kappa shape index (κ2) is 9.55. The highest BCUT2D eigenvalue weighted by Crippen LogP contribution is 2.33. The lowest BCUT2D eigenvalue weighted by Gasteiger charge is -2.39. The number of carboxylic acid groups (broad SMARTS) is 1. The van der Waals surface area contributed by atoms with Crippen LogP contribution in [0.3, 0.4) is 0 Å². The maximum Gasteiger partial charge on any atom is 0.320 e. The van der Waals surface area contributed by atoms with Crippen LogP contribution in [0, 0.1) is 0 Å². The summed E-state index contributed by atoms with van der Waals surface area (Å²) < 4.78 is 6.03. The number of pyridine rings is 1. The van der Waals surface area contributed by atoms with Crippen LogP contribution in [0.1, 0.15) is 36.6 Å². The van der Waals surface area contributed by atoms with Gasteiger partial charge in [0.25, 0.3) is 0 Å². The van der Waals surface area contributed by atoms with Gasteiger partial charge in [-0.25, -0.2) is 0 Å². The third-order valence-electron chi connectivity index (χ3n) is 5.58. The Morgan fingerprint density at radius 2 is 1.83 bits per heavy atom. The first-order valence-electron chi connectivity index (χ1n) is 10.4. The number of aliphatic carboxylic acids is 1. The van der Waals surface area contributed by atoms with Gasteiger partial charge in [0.2, 0.25) is 0 Å². The number of ether oxygens (including phenoxy) is 1. The molecule has 0 amide bonds. The summed E-state index contributed by atoms with van der Waals surface area (Å²) in [6.07, 6.45) is 5.06. The molecular formula is C25H26N2O3. The van der Waals surface area contributed by atoms with Crippen molar-refractivity contribution in [1.29, 1.82) is 0 Å². The van der Waals surface area contributed by atoms with Gasteiger partial charge in [0, 0.05) is 24.4 Å². The van der Waals surface area contributed by atoms with Crippen molar-refractivity contribution in [3.63, 3.8) is 0 Å². The Morgan fingerprint density at radius 3 is 2.60 bits per heavy atom. The summed E-state index contributed by atoms with van der Waals surface area (Å²) in [7, 11) is 0. The average Bonchev–Trinajstić information content (AvgIpc) is 2.79. The van der Waals surface area contributed by atoms with Crippen LogP contribution < -0.4 is 4.74 Å². The molecule has 5 heteroatoms. The Labute approximate surface area is 177 Å². The fraction of sp³-hybridized carbons (Fsp3) is 0.280. The zero-order valence-corrected chi connectivity index (χ0v) is 16.9. The number of piperidine rings is 1. The van der Waals surface area contributed by atoms with Gasteiger partial charge in [0.1, 0.15) is 17.5 Å². The molecule has 0 aliphatic carbocycles. The van der Waals surface area contributed by atoms with E-state index in [1.807, 2.05) is 66.7 Å². The molecule has 0 bridgehead atoms. The number of benzene rings is 2. The molecule has 30 heavy (non-hydrogen) atoms. The molecular weight excluding hydrogens is 376 g/mol. The number of likely N-dealkylation sites (tertiary alicyclic amines) is 1. The summed E-state index contributed by atoms with van der Waals surface area (Å²) in [6.45, 7) is 0.762. The van der Waals surface area contributed by atoms with Crippen LogP contribution in [0.2, 0.25) is 0 Å². The predicted molar refractivity (Wildman–Crippen MR) is 116 cm³/mol. The third-order valence-corrected chi connectivity index (χ3v) is 5.58. The van der Waals surface area contributed by atoms with Gasteiger partial charge in [-0.05, 0) is 61.3 Å². The van der Waals surface area contributed by atoms with E-state index in [-0.39, 0.29) is 6.04 Å². The van der Waals surface area contributed by atoms with E-state index in [4.69, 9.17) is 4.74 Å². The van der Waals surface area contributed by atoms with E-state index in [0.29, 0.717) is 12.8 Å². The standard InChI is InChI=1S/C25H26N2O3/c28-25(29)23-14-5-7-16-27(23)24(18-20-10-4-6-15-26-20)19-9-8-13-22(17-19)30-21-11-2-1-3-12-21/h1-4,6,8-13,15,17,23-24H,5,7,14,16,18H2,(H,28,29). The number of hydrogen-bond donors (Lipinski definition) is 1. The van der Waals surface area contributed by atoms with Gasteiger partial charge in [-0.1, -0.05) is 42.8 Å². The number of hydrogen-bond acceptors (Lipinski definition) is 4. The van der Waals surface area contributed by atoms with Gasteiger partial charge in [0.15, 0.2) is 0 Å². The smallest absolute Gasteiger partial charge is 0.320 e. The molecule has 2 atom stereocenters. The van der Waals surface area contributed by atoms with Gasteiger partial charge < -0.3 is 9.84 Å². The van der Waals surface area contributed by atoms with Crippen LogP contribution in [0.25, 0.3) is 0 Å². The minimum atomic E-state index is -0.752. The van der Waals surface area contributed by atoms with Crippen LogP contribution in [-0.2, 0) is 11.2 Å². The number of para-hydroxylation sites is 1. The molecule has 1 aliphatic heterocycles. The Bertz CT molecular complexity index is 962. The van der Waals surface area contributed by atoms with Crippen molar-refractivity contribution in [3.05, 3.63) is 90.3 Å². The molecule has 1 aromatic heterocycles. The highest BCUT2D eigenvalue weighted by Gasteiger charge is 2.34. The molecule has 1 aliphatic rings. The summed E-state index contributed by atoms with van der Waals surface area (Å²) >= 11 is 0. The molecule has 0 radical (unpaired) electrons. The quantitative estimate of drug-likeness (QED) is 0.596. The fourth-order valence-electron chi connectivity index (χ4n) is 4.15. The maximum atomic E-state index is 12.0. The monoisotopic (exact) mass is 402 g/mol. The van der Waals surface area contributed by atoms with Gasteiger partial charge >= 0.3 is 5.97 Å². The Kier molecular flexibility index (Phi) is 6.40. The van der Waals surface area contributed by atoms with Crippen molar-refractivity contribution < 1.29 is 14.6 Å². The second-order valence-electron chi connectivity index (χ2n) is 7.62. The normalized spacial score (nSPS) is 17.9. The number of aromatic nitrogens is 1. The lowest BCUT2D eigenvalue weighted by atomic mass is 9.93. The number of rotatable bonds is 7. The van der Waals surface area contributed by atoms with Crippen LogP contribution in [-0.4, -0.2) is 33.5 Å². The van der Waals surface area contributed by atoms with Gasteiger partial charge in [-0.2, -0.15) is 0 Å². The number of carbonyl (C=O) groups is 1. The van der Waals surface area contributed by atoms with E-state index < -0.39 is 12.0 Å². The molecule has 2 heterocycles. The summed E-state index contributed by atoms with van der Waals surface area (Å²) in [5.74, 6) is 0.767. The first-order chi connectivity index (χ1) is 14.7. The van der Waals surface area contributed by atoms with Crippen LogP contribution in [0.4, 0.5) is 0 Å². The lowest BCUT2D eigenvalue weighted by molar-refractivity contribution is -0.146. The molecule has 1 saturated heterocycles. The van der Waals surface area contributed by atoms with Crippen molar-refractivity contribution in [2.45, 2.75) is 37.8 Å². The number of nitrogens with zero attached hydrogens (tertiary/aromatic N) is 2. The van der Waals surface area contributed by atoms with Crippen LogP contribution in [0.5, 0.6) is 11.5 Å². The Hall–Kier alpha value is -3.18. The van der Waals surface area contributed by atoms with Crippen molar-refractivity contribution >= 4 is 5.97 Å². The van der Waals surface area contributed by atoms with E-state index in [2.05, 4.69) is 16.0 Å². The topological polar surface area (TPSA) is 62.7 Å².